The molecule has 3 heterocycles. The average molecular weight is 568 g/mol. The lowest BCUT2D eigenvalue weighted by Crippen LogP contribution is -2.44. The second-order valence-corrected chi connectivity index (χ2v) is 10.5. The Morgan fingerprint density at radius 3 is 2.32 bits per heavy atom. The molecule has 4 N–H and O–H groups in total. The molecule has 1 aliphatic heterocycles. The molecule has 1 aliphatic rings. The van der Waals surface area contributed by atoms with E-state index in [9.17, 15) is 18.0 Å². The summed E-state index contributed by atoms with van der Waals surface area (Å²) in [7, 11) is 1.99. The average Bonchev–Trinajstić information content (AvgIpc) is 3.32. The van der Waals surface area contributed by atoms with E-state index in [2.05, 4.69) is 30.6 Å². The van der Waals surface area contributed by atoms with Crippen LogP contribution in [0.1, 0.15) is 31.0 Å². The number of halogens is 3. The van der Waals surface area contributed by atoms with Crippen molar-refractivity contribution in [2.45, 2.75) is 32.6 Å². The van der Waals surface area contributed by atoms with Gasteiger partial charge in [-0.25, -0.2) is 19.4 Å². The van der Waals surface area contributed by atoms with Crippen molar-refractivity contribution in [2.75, 3.05) is 49.6 Å². The van der Waals surface area contributed by atoms with Crippen LogP contribution in [0.4, 0.5) is 35.2 Å². The molecule has 0 unspecified atom stereocenters. The fraction of sp³-hybridized carbons (Fsp3) is 0.357. The molecule has 0 saturated carbocycles. The predicted molar refractivity (Wildman–Crippen MR) is 152 cm³/mol. The van der Waals surface area contributed by atoms with Crippen molar-refractivity contribution in [3.8, 4) is 11.3 Å². The van der Waals surface area contributed by atoms with Crippen molar-refractivity contribution < 1.29 is 18.0 Å². The zero-order valence-electron chi connectivity index (χ0n) is 23.0. The highest BCUT2D eigenvalue weighted by Gasteiger charge is 2.34. The molecule has 2 aromatic heterocycles. The monoisotopic (exact) mass is 567 g/mol. The highest BCUT2D eigenvalue weighted by atomic mass is 19.4. The molecule has 41 heavy (non-hydrogen) atoms. The van der Waals surface area contributed by atoms with Gasteiger partial charge in [0.1, 0.15) is 17.8 Å². The zero-order chi connectivity index (χ0) is 29.3. The van der Waals surface area contributed by atoms with Crippen molar-refractivity contribution in [1.82, 2.24) is 29.5 Å². The molecule has 216 valence electrons. The van der Waals surface area contributed by atoms with Crippen LogP contribution in [0.25, 0.3) is 22.3 Å². The van der Waals surface area contributed by atoms with E-state index in [1.54, 1.807) is 28.9 Å². The second-order valence-electron chi connectivity index (χ2n) is 10.5. The van der Waals surface area contributed by atoms with Crippen LogP contribution in [-0.4, -0.2) is 68.8 Å². The summed E-state index contributed by atoms with van der Waals surface area (Å²) in [6.07, 6.45) is -3.15. The van der Waals surface area contributed by atoms with Crippen molar-refractivity contribution in [3.63, 3.8) is 0 Å². The Labute approximate surface area is 235 Å². The fourth-order valence-corrected chi connectivity index (χ4v) is 4.87. The molecule has 0 aliphatic carbocycles. The van der Waals surface area contributed by atoms with Crippen LogP contribution in [-0.2, 0) is 12.7 Å². The van der Waals surface area contributed by atoms with E-state index < -0.39 is 17.8 Å². The standard InChI is InChI=1S/C28H32F3N9O/c1-17(2)40-26-23(25(32)33-16-34-26)24(37-40)18-4-7-20(8-5-18)35-27(41)36-21-9-6-19(22(14-21)28(29,30)31)15-39-12-10-38(3)11-13-39/h4-9,14,16-17H,10-13,15H2,1-3H3,(H2,32,33,34)(H2,35,36,41). The van der Waals surface area contributed by atoms with Crippen molar-refractivity contribution in [1.29, 1.82) is 0 Å². The lowest BCUT2D eigenvalue weighted by atomic mass is 10.0. The summed E-state index contributed by atoms with van der Waals surface area (Å²) in [5.41, 5.74) is 8.04. The number of urea groups is 1. The van der Waals surface area contributed by atoms with Crippen LogP contribution in [0.5, 0.6) is 0 Å². The summed E-state index contributed by atoms with van der Waals surface area (Å²) in [6.45, 7) is 7.19. The maximum atomic E-state index is 13.9. The first-order chi connectivity index (χ1) is 19.5. The number of anilines is 3. The lowest BCUT2D eigenvalue weighted by Gasteiger charge is -2.33. The number of nitrogen functional groups attached to an aromatic ring is 1. The number of piperazine rings is 1. The zero-order valence-corrected chi connectivity index (χ0v) is 23.0. The van der Waals surface area contributed by atoms with Gasteiger partial charge >= 0.3 is 12.2 Å². The van der Waals surface area contributed by atoms with Crippen LogP contribution in [0.3, 0.4) is 0 Å². The normalized spacial score (nSPS) is 15.0. The van der Waals surface area contributed by atoms with E-state index in [4.69, 9.17) is 5.73 Å². The van der Waals surface area contributed by atoms with Crippen LogP contribution >= 0.6 is 0 Å². The Morgan fingerprint density at radius 1 is 1.00 bits per heavy atom. The molecule has 2 aromatic carbocycles. The molecule has 4 aromatic rings. The minimum atomic E-state index is -4.55. The number of nitrogens with zero attached hydrogens (tertiary/aromatic N) is 6. The van der Waals surface area contributed by atoms with Crippen molar-refractivity contribution in [3.05, 3.63) is 59.9 Å². The Kier molecular flexibility index (Phi) is 7.82. The fourth-order valence-electron chi connectivity index (χ4n) is 4.87. The number of aromatic nitrogens is 4. The molecule has 13 heteroatoms. The van der Waals surface area contributed by atoms with Crippen molar-refractivity contribution >= 4 is 34.3 Å². The smallest absolute Gasteiger partial charge is 0.383 e. The molecule has 2 amide bonds. The maximum absolute atomic E-state index is 13.9. The summed E-state index contributed by atoms with van der Waals surface area (Å²) in [4.78, 5) is 25.2. The van der Waals surface area contributed by atoms with Crippen LogP contribution < -0.4 is 16.4 Å². The van der Waals surface area contributed by atoms with Crippen LogP contribution in [0, 0.1) is 0 Å². The number of alkyl halides is 3. The second kappa shape index (κ2) is 11.3. The first kappa shape index (κ1) is 28.3. The molecule has 0 radical (unpaired) electrons. The minimum Gasteiger partial charge on any atom is -0.383 e. The van der Waals surface area contributed by atoms with Gasteiger partial charge in [-0.15, -0.1) is 0 Å². The van der Waals surface area contributed by atoms with E-state index in [0.29, 0.717) is 41.3 Å². The number of hydrogen-bond acceptors (Lipinski definition) is 7. The Hall–Kier alpha value is -4.23. The SMILES string of the molecule is CC(C)n1nc(-c2ccc(NC(=O)Nc3ccc(CN4CCN(C)CC4)c(C(F)(F)F)c3)cc2)c2c(N)ncnc21. The number of nitrogens with two attached hydrogens (primary N) is 1. The molecular formula is C28H32F3N9O. The van der Waals surface area contributed by atoms with Gasteiger partial charge in [0.2, 0.25) is 0 Å². The third kappa shape index (κ3) is 6.25. The molecule has 0 bridgehead atoms. The number of likely N-dealkylation sites (N-methyl/N-ethyl adjacent to an activating group) is 1. The number of fused-ring (bicyclic) bond motifs is 1. The highest BCUT2D eigenvalue weighted by molar-refractivity contribution is 6.01. The van der Waals surface area contributed by atoms with Crippen LogP contribution in [0.15, 0.2) is 48.8 Å². The first-order valence-electron chi connectivity index (χ1n) is 13.3. The molecule has 0 spiro atoms. The Bertz CT molecular complexity index is 1540. The quantitative estimate of drug-likeness (QED) is 0.298. The summed E-state index contributed by atoms with van der Waals surface area (Å²) < 4.78 is 43.5. The molecule has 5 rings (SSSR count). The molecule has 1 fully saturated rings. The Balaban J connectivity index is 1.29. The number of rotatable bonds is 6. The summed E-state index contributed by atoms with van der Waals surface area (Å²) >= 11 is 0. The van der Waals surface area contributed by atoms with Gasteiger partial charge in [-0.05, 0) is 50.7 Å². The van der Waals surface area contributed by atoms with Gasteiger partial charge in [0.15, 0.2) is 5.65 Å². The van der Waals surface area contributed by atoms with E-state index in [0.717, 1.165) is 24.7 Å². The van der Waals surface area contributed by atoms with Gasteiger partial charge in [-0.3, -0.25) is 4.90 Å². The Morgan fingerprint density at radius 2 is 1.66 bits per heavy atom. The van der Waals surface area contributed by atoms with Crippen LogP contribution in [0.2, 0.25) is 0 Å². The molecule has 1 saturated heterocycles. The van der Waals surface area contributed by atoms with Gasteiger partial charge < -0.3 is 21.3 Å². The van der Waals surface area contributed by atoms with Gasteiger partial charge in [0, 0.05) is 55.7 Å². The van der Waals surface area contributed by atoms with E-state index in [1.165, 1.54) is 18.5 Å². The maximum Gasteiger partial charge on any atom is 0.416 e. The molecule has 0 atom stereocenters. The summed E-state index contributed by atoms with van der Waals surface area (Å²) in [5, 5.41) is 10.5. The number of carbonyl (C=O) groups is 1. The molecule has 10 nitrogen and oxygen atoms in total. The number of amides is 2. The van der Waals surface area contributed by atoms with E-state index >= 15 is 0 Å². The third-order valence-electron chi connectivity index (χ3n) is 7.09. The first-order valence-corrected chi connectivity index (χ1v) is 13.3. The van der Waals surface area contributed by atoms with E-state index in [-0.39, 0.29) is 23.8 Å². The van der Waals surface area contributed by atoms with E-state index in [1.807, 2.05) is 25.8 Å². The third-order valence-corrected chi connectivity index (χ3v) is 7.09. The number of hydrogen-bond donors (Lipinski definition) is 3. The minimum absolute atomic E-state index is 0.0453. The number of nitrogens with one attached hydrogen (secondary N) is 2. The number of benzene rings is 2. The molecular weight excluding hydrogens is 535 g/mol. The highest BCUT2D eigenvalue weighted by Crippen LogP contribution is 2.35. The largest absolute Gasteiger partial charge is 0.416 e. The van der Waals surface area contributed by atoms with Gasteiger partial charge in [0.05, 0.1) is 10.9 Å². The van der Waals surface area contributed by atoms with Gasteiger partial charge in [0.25, 0.3) is 0 Å². The van der Waals surface area contributed by atoms with Gasteiger partial charge in [-0.2, -0.15) is 18.3 Å². The summed E-state index contributed by atoms with van der Waals surface area (Å²) in [6, 6.07) is 10.2. The lowest BCUT2D eigenvalue weighted by molar-refractivity contribution is -0.138. The number of carbonyl (C=O) groups excluding carboxylic acids is 1. The van der Waals surface area contributed by atoms with Crippen molar-refractivity contribution in [2.24, 2.45) is 0 Å². The summed E-state index contributed by atoms with van der Waals surface area (Å²) in [5.74, 6) is 0.311. The van der Waals surface area contributed by atoms with Gasteiger partial charge in [-0.1, -0.05) is 18.2 Å². The predicted octanol–water partition coefficient (Wildman–Crippen LogP) is 5.07. The topological polar surface area (TPSA) is 117 Å².